The number of carbonyl (C=O) groups is 1. The van der Waals surface area contributed by atoms with Gasteiger partial charge in [-0.05, 0) is 6.07 Å². The Bertz CT molecular complexity index is 627. The molecule has 0 saturated carbocycles. The van der Waals surface area contributed by atoms with E-state index in [1.54, 1.807) is 18.2 Å². The standard InChI is InChI=1S/C11H10N4O3/c12-10(16)6-14-8-4-5-13-11-7(8)2-1-3-9(11)15(17)18/h1-5H,6H2,(H2,12,16)(H,13,14). The maximum Gasteiger partial charge on any atom is 0.295 e. The Balaban J connectivity index is 2.53. The number of hydrogen-bond acceptors (Lipinski definition) is 5. The second-order valence-corrected chi connectivity index (χ2v) is 3.61. The second-order valence-electron chi connectivity index (χ2n) is 3.61. The van der Waals surface area contributed by atoms with Crippen molar-refractivity contribution < 1.29 is 9.72 Å². The highest BCUT2D eigenvalue weighted by molar-refractivity contribution is 5.97. The predicted molar refractivity (Wildman–Crippen MR) is 66.1 cm³/mol. The van der Waals surface area contributed by atoms with Crippen molar-refractivity contribution in [1.29, 1.82) is 0 Å². The summed E-state index contributed by atoms with van der Waals surface area (Å²) in [5, 5.41) is 14.3. The molecule has 0 aliphatic carbocycles. The summed E-state index contributed by atoms with van der Waals surface area (Å²) in [6.45, 7) is -0.0399. The van der Waals surface area contributed by atoms with Gasteiger partial charge in [0.1, 0.15) is 5.52 Å². The number of non-ortho nitro benzene ring substituents is 1. The molecule has 18 heavy (non-hydrogen) atoms. The van der Waals surface area contributed by atoms with Crippen molar-refractivity contribution in [3.05, 3.63) is 40.6 Å². The third-order valence-electron chi connectivity index (χ3n) is 2.40. The topological polar surface area (TPSA) is 111 Å². The fourth-order valence-electron chi connectivity index (χ4n) is 1.64. The van der Waals surface area contributed by atoms with Gasteiger partial charge in [-0.1, -0.05) is 12.1 Å². The van der Waals surface area contributed by atoms with Crippen LogP contribution in [0.1, 0.15) is 0 Å². The van der Waals surface area contributed by atoms with Crippen LogP contribution in [0.2, 0.25) is 0 Å². The van der Waals surface area contributed by atoms with Crippen LogP contribution in [-0.4, -0.2) is 22.4 Å². The zero-order valence-electron chi connectivity index (χ0n) is 9.29. The lowest BCUT2D eigenvalue weighted by atomic mass is 10.1. The number of pyridine rings is 1. The van der Waals surface area contributed by atoms with Crippen LogP contribution in [0.15, 0.2) is 30.5 Å². The molecule has 7 heteroatoms. The highest BCUT2D eigenvalue weighted by Crippen LogP contribution is 2.28. The summed E-state index contributed by atoms with van der Waals surface area (Å²) in [6, 6.07) is 6.28. The van der Waals surface area contributed by atoms with E-state index < -0.39 is 10.8 Å². The van der Waals surface area contributed by atoms with Crippen molar-refractivity contribution in [3.8, 4) is 0 Å². The van der Waals surface area contributed by atoms with Crippen molar-refractivity contribution in [1.82, 2.24) is 4.98 Å². The molecule has 0 spiro atoms. The van der Waals surface area contributed by atoms with Gasteiger partial charge in [0, 0.05) is 23.3 Å². The molecule has 0 aliphatic heterocycles. The number of amides is 1. The molecular weight excluding hydrogens is 236 g/mol. The molecule has 0 fully saturated rings. The maximum atomic E-state index is 10.9. The minimum Gasteiger partial charge on any atom is -0.376 e. The number of fused-ring (bicyclic) bond motifs is 1. The zero-order valence-corrected chi connectivity index (χ0v) is 9.29. The number of hydrogen-bond donors (Lipinski definition) is 2. The van der Waals surface area contributed by atoms with Gasteiger partial charge in [0.2, 0.25) is 5.91 Å². The average Bonchev–Trinajstić information content (AvgIpc) is 2.35. The predicted octanol–water partition coefficient (Wildman–Crippen LogP) is 1.04. The van der Waals surface area contributed by atoms with Gasteiger partial charge in [-0.15, -0.1) is 0 Å². The molecule has 3 N–H and O–H groups in total. The van der Waals surface area contributed by atoms with Crippen molar-refractivity contribution in [2.45, 2.75) is 0 Å². The number of nitro groups is 1. The number of aromatic nitrogens is 1. The largest absolute Gasteiger partial charge is 0.376 e. The molecule has 7 nitrogen and oxygen atoms in total. The van der Waals surface area contributed by atoms with E-state index in [1.807, 2.05) is 0 Å². The van der Waals surface area contributed by atoms with Crippen molar-refractivity contribution in [2.24, 2.45) is 5.73 Å². The molecule has 0 saturated heterocycles. The van der Waals surface area contributed by atoms with E-state index in [1.165, 1.54) is 12.3 Å². The van der Waals surface area contributed by atoms with Crippen LogP contribution in [0, 0.1) is 10.1 Å². The van der Waals surface area contributed by atoms with Crippen molar-refractivity contribution in [2.75, 3.05) is 11.9 Å². The van der Waals surface area contributed by atoms with Crippen LogP contribution < -0.4 is 11.1 Å². The average molecular weight is 246 g/mol. The molecule has 1 aromatic heterocycles. The Morgan fingerprint density at radius 1 is 1.44 bits per heavy atom. The molecule has 1 heterocycles. The molecule has 0 atom stereocenters. The van der Waals surface area contributed by atoms with E-state index in [0.29, 0.717) is 11.1 Å². The van der Waals surface area contributed by atoms with E-state index in [4.69, 9.17) is 5.73 Å². The third-order valence-corrected chi connectivity index (χ3v) is 2.40. The van der Waals surface area contributed by atoms with Gasteiger partial charge in [-0.3, -0.25) is 14.9 Å². The summed E-state index contributed by atoms with van der Waals surface area (Å²) in [5.74, 6) is -0.509. The zero-order chi connectivity index (χ0) is 13.1. The number of para-hydroxylation sites is 1. The lowest BCUT2D eigenvalue weighted by Crippen LogP contribution is -2.21. The summed E-state index contributed by atoms with van der Waals surface area (Å²) in [7, 11) is 0. The summed E-state index contributed by atoms with van der Waals surface area (Å²) in [5.41, 5.74) is 5.82. The Hall–Kier alpha value is -2.70. The van der Waals surface area contributed by atoms with E-state index in [2.05, 4.69) is 10.3 Å². The van der Waals surface area contributed by atoms with Gasteiger partial charge in [0.25, 0.3) is 5.69 Å². The molecule has 2 rings (SSSR count). The smallest absolute Gasteiger partial charge is 0.295 e. The minimum atomic E-state index is -0.509. The first-order valence-corrected chi connectivity index (χ1v) is 5.14. The normalized spacial score (nSPS) is 10.2. The molecule has 0 unspecified atom stereocenters. The fourth-order valence-corrected chi connectivity index (χ4v) is 1.64. The Morgan fingerprint density at radius 2 is 2.22 bits per heavy atom. The molecule has 1 amide bonds. The lowest BCUT2D eigenvalue weighted by Gasteiger charge is -2.07. The highest BCUT2D eigenvalue weighted by atomic mass is 16.6. The van der Waals surface area contributed by atoms with E-state index >= 15 is 0 Å². The molecule has 0 aliphatic rings. The quantitative estimate of drug-likeness (QED) is 0.618. The number of carbonyl (C=O) groups excluding carboxylic acids is 1. The van der Waals surface area contributed by atoms with Gasteiger partial charge in [-0.25, -0.2) is 4.98 Å². The summed E-state index contributed by atoms with van der Waals surface area (Å²) >= 11 is 0. The summed E-state index contributed by atoms with van der Waals surface area (Å²) in [4.78, 5) is 25.1. The third kappa shape index (κ3) is 2.19. The number of nitrogens with two attached hydrogens (primary N) is 1. The van der Waals surface area contributed by atoms with Crippen molar-refractivity contribution in [3.63, 3.8) is 0 Å². The van der Waals surface area contributed by atoms with Crippen LogP contribution in [0.4, 0.5) is 11.4 Å². The number of nitrogens with one attached hydrogen (secondary N) is 1. The maximum absolute atomic E-state index is 10.9. The monoisotopic (exact) mass is 246 g/mol. The van der Waals surface area contributed by atoms with Gasteiger partial charge in [-0.2, -0.15) is 0 Å². The van der Waals surface area contributed by atoms with E-state index in [0.717, 1.165) is 0 Å². The molecule has 2 aromatic rings. The number of anilines is 1. The van der Waals surface area contributed by atoms with Gasteiger partial charge in [0.15, 0.2) is 0 Å². The SMILES string of the molecule is NC(=O)CNc1ccnc2c([N+](=O)[O-])cccc12. The summed E-state index contributed by atoms with van der Waals surface area (Å²) < 4.78 is 0. The fraction of sp³-hybridized carbons (Fsp3) is 0.0909. The Morgan fingerprint density at radius 3 is 2.89 bits per heavy atom. The number of nitrogens with zero attached hydrogens (tertiary/aromatic N) is 2. The van der Waals surface area contributed by atoms with Crippen molar-refractivity contribution >= 4 is 28.2 Å². The van der Waals surface area contributed by atoms with Crippen LogP contribution in [0.25, 0.3) is 10.9 Å². The van der Waals surface area contributed by atoms with Crippen LogP contribution >= 0.6 is 0 Å². The first kappa shape index (κ1) is 11.8. The van der Waals surface area contributed by atoms with Gasteiger partial charge < -0.3 is 11.1 Å². The number of benzene rings is 1. The molecular formula is C11H10N4O3. The minimum absolute atomic E-state index is 0.0399. The second kappa shape index (κ2) is 4.66. The summed E-state index contributed by atoms with van der Waals surface area (Å²) in [6.07, 6.45) is 1.44. The molecule has 92 valence electrons. The molecule has 0 radical (unpaired) electrons. The number of primary amides is 1. The van der Waals surface area contributed by atoms with E-state index in [-0.39, 0.29) is 17.7 Å². The number of rotatable bonds is 4. The van der Waals surface area contributed by atoms with Gasteiger partial charge in [0.05, 0.1) is 11.5 Å². The van der Waals surface area contributed by atoms with Crippen LogP contribution in [0.3, 0.4) is 0 Å². The van der Waals surface area contributed by atoms with Crippen LogP contribution in [-0.2, 0) is 4.79 Å². The van der Waals surface area contributed by atoms with Crippen LogP contribution in [0.5, 0.6) is 0 Å². The molecule has 0 bridgehead atoms. The highest BCUT2D eigenvalue weighted by Gasteiger charge is 2.14. The number of nitro benzene ring substituents is 1. The first-order chi connectivity index (χ1) is 8.59. The molecule has 1 aromatic carbocycles. The first-order valence-electron chi connectivity index (χ1n) is 5.14. The Labute approximate surface area is 102 Å². The van der Waals surface area contributed by atoms with Gasteiger partial charge >= 0.3 is 0 Å². The Kier molecular flexibility index (Phi) is 3.05. The van der Waals surface area contributed by atoms with E-state index in [9.17, 15) is 14.9 Å². The lowest BCUT2D eigenvalue weighted by molar-refractivity contribution is -0.383.